The van der Waals surface area contributed by atoms with E-state index in [1.165, 1.54) is 12.8 Å². The highest BCUT2D eigenvalue weighted by Gasteiger charge is 2.39. The van der Waals surface area contributed by atoms with Gasteiger partial charge in [0.25, 0.3) is 0 Å². The lowest BCUT2D eigenvalue weighted by Gasteiger charge is -2.46. The van der Waals surface area contributed by atoms with E-state index in [0.29, 0.717) is 11.8 Å². The van der Waals surface area contributed by atoms with Gasteiger partial charge in [0.2, 0.25) is 5.91 Å². The summed E-state index contributed by atoms with van der Waals surface area (Å²) in [5.74, 6) is -3.22. The van der Waals surface area contributed by atoms with E-state index in [2.05, 4.69) is 20.9 Å². The minimum Gasteiger partial charge on any atom is -0.475 e. The molecule has 2 aromatic heterocycles. The molecule has 0 unspecified atom stereocenters. The second-order valence-electron chi connectivity index (χ2n) is 9.81. The zero-order valence-corrected chi connectivity index (χ0v) is 22.2. The van der Waals surface area contributed by atoms with Crippen LogP contribution in [-0.2, 0) is 27.3 Å². The number of hydrogen-bond acceptors (Lipinski definition) is 6. The fraction of sp³-hybridized carbons (Fsp3) is 0.538. The maximum Gasteiger partial charge on any atom is 0.490 e. The second-order valence-corrected chi connectivity index (χ2v) is 9.81. The first-order valence-electron chi connectivity index (χ1n) is 12.6. The van der Waals surface area contributed by atoms with E-state index in [0.717, 1.165) is 62.6 Å². The van der Waals surface area contributed by atoms with E-state index in [1.807, 2.05) is 25.1 Å². The van der Waals surface area contributed by atoms with E-state index >= 15 is 0 Å². The highest BCUT2D eigenvalue weighted by atomic mass is 19.4. The number of piperidine rings is 2. The normalized spacial score (nSPS) is 17.1. The molecule has 2 N–H and O–H groups in total. The van der Waals surface area contributed by atoms with Crippen molar-refractivity contribution >= 4 is 17.8 Å². The van der Waals surface area contributed by atoms with Crippen LogP contribution in [0.1, 0.15) is 42.8 Å². The summed E-state index contributed by atoms with van der Waals surface area (Å²) in [6, 6.07) is 8.00. The molecule has 2 aromatic rings. The number of hydrogen-bond donors (Lipinski definition) is 2. The highest BCUT2D eigenvalue weighted by molar-refractivity contribution is 5.78. The monoisotopic (exact) mass is 595 g/mol. The van der Waals surface area contributed by atoms with Crippen LogP contribution in [0.5, 0.6) is 0 Å². The third kappa shape index (κ3) is 11.4. The number of pyridine rings is 1. The van der Waals surface area contributed by atoms with Crippen LogP contribution in [0.25, 0.3) is 0 Å². The summed E-state index contributed by atoms with van der Waals surface area (Å²) >= 11 is 0. The van der Waals surface area contributed by atoms with Gasteiger partial charge in [-0.1, -0.05) is 6.07 Å². The smallest absolute Gasteiger partial charge is 0.475 e. The molecule has 4 heterocycles. The maximum absolute atomic E-state index is 12.6. The molecule has 0 bridgehead atoms. The standard InChI is InChI=1S/C22H29N3O2.2C2HF3O2/c1-18-4-5-20(27-18)17-24-11-6-22(7-12-24)8-13-25(14-9-22)21(26)15-19-3-2-10-23-16-19;2*3-2(4,5)1(6)7/h2-5,10,16H,6-9,11-15,17H2,1H3;2*(H,6,7). The van der Waals surface area contributed by atoms with E-state index < -0.39 is 24.3 Å². The number of carboxylic acid groups (broad SMARTS) is 2. The summed E-state index contributed by atoms with van der Waals surface area (Å²) in [6.07, 6.45) is -1.41. The molecule has 9 nitrogen and oxygen atoms in total. The molecule has 2 fully saturated rings. The fourth-order valence-corrected chi connectivity index (χ4v) is 4.50. The number of aromatic nitrogens is 1. The Hall–Kier alpha value is -3.62. The summed E-state index contributed by atoms with van der Waals surface area (Å²) in [6.45, 7) is 6.97. The van der Waals surface area contributed by atoms with Crippen molar-refractivity contribution in [1.82, 2.24) is 14.8 Å². The number of halogens is 6. The van der Waals surface area contributed by atoms with Crippen LogP contribution in [0.4, 0.5) is 26.3 Å². The zero-order chi connectivity index (χ0) is 30.8. The lowest BCUT2D eigenvalue weighted by atomic mass is 9.71. The number of likely N-dealkylation sites (tertiary alicyclic amines) is 2. The van der Waals surface area contributed by atoms with Gasteiger partial charge in [0, 0.05) is 25.5 Å². The molecule has 1 amide bonds. The van der Waals surface area contributed by atoms with Crippen molar-refractivity contribution in [3.05, 3.63) is 53.7 Å². The molecular weight excluding hydrogens is 564 g/mol. The first-order chi connectivity index (χ1) is 19.0. The summed E-state index contributed by atoms with van der Waals surface area (Å²) in [5, 5.41) is 14.2. The molecule has 0 aliphatic carbocycles. The average Bonchev–Trinajstić information content (AvgIpc) is 3.30. The van der Waals surface area contributed by atoms with Crippen molar-refractivity contribution in [3.63, 3.8) is 0 Å². The Kier molecular flexibility index (Phi) is 11.7. The van der Waals surface area contributed by atoms with Crippen molar-refractivity contribution in [2.45, 2.75) is 57.9 Å². The topological polar surface area (TPSA) is 124 Å². The number of nitrogens with zero attached hydrogens (tertiary/aromatic N) is 3. The largest absolute Gasteiger partial charge is 0.490 e. The Balaban J connectivity index is 0.000000349. The van der Waals surface area contributed by atoms with Crippen molar-refractivity contribution in [1.29, 1.82) is 0 Å². The van der Waals surface area contributed by atoms with Crippen molar-refractivity contribution in [2.75, 3.05) is 26.2 Å². The number of rotatable bonds is 4. The van der Waals surface area contributed by atoms with Crippen LogP contribution in [-0.4, -0.2) is 81.4 Å². The van der Waals surface area contributed by atoms with Crippen LogP contribution < -0.4 is 0 Å². The van der Waals surface area contributed by atoms with Gasteiger partial charge in [-0.3, -0.25) is 14.7 Å². The Morgan fingerprint density at radius 3 is 1.83 bits per heavy atom. The highest BCUT2D eigenvalue weighted by Crippen LogP contribution is 2.41. The van der Waals surface area contributed by atoms with Gasteiger partial charge in [-0.05, 0) is 74.9 Å². The Labute approximate surface area is 231 Å². The lowest BCUT2D eigenvalue weighted by molar-refractivity contribution is -0.193. The maximum atomic E-state index is 12.6. The minimum absolute atomic E-state index is 0.239. The van der Waals surface area contributed by atoms with Crippen molar-refractivity contribution < 1.29 is 55.4 Å². The van der Waals surface area contributed by atoms with Gasteiger partial charge in [-0.15, -0.1) is 0 Å². The second kappa shape index (κ2) is 14.3. The molecule has 2 saturated heterocycles. The Morgan fingerprint density at radius 1 is 0.902 bits per heavy atom. The number of furan rings is 1. The summed E-state index contributed by atoms with van der Waals surface area (Å²) in [4.78, 5) is 39.0. The van der Waals surface area contributed by atoms with Gasteiger partial charge in [0.1, 0.15) is 11.5 Å². The summed E-state index contributed by atoms with van der Waals surface area (Å²) in [7, 11) is 0. The predicted molar refractivity (Wildman–Crippen MR) is 132 cm³/mol. The molecule has 0 atom stereocenters. The molecule has 41 heavy (non-hydrogen) atoms. The summed E-state index contributed by atoms with van der Waals surface area (Å²) in [5.41, 5.74) is 1.44. The molecular formula is C26H31F6N3O6. The number of carbonyl (C=O) groups excluding carboxylic acids is 1. The molecule has 15 heteroatoms. The number of aryl methyl sites for hydroxylation is 1. The van der Waals surface area contributed by atoms with Gasteiger partial charge in [-0.25, -0.2) is 9.59 Å². The molecule has 2 aliphatic rings. The van der Waals surface area contributed by atoms with Crippen LogP contribution >= 0.6 is 0 Å². The lowest BCUT2D eigenvalue weighted by Crippen LogP contribution is -2.48. The molecule has 4 rings (SSSR count). The van der Waals surface area contributed by atoms with E-state index in [1.54, 1.807) is 12.4 Å². The Bertz CT molecular complexity index is 1110. The molecule has 1 spiro atoms. The van der Waals surface area contributed by atoms with Crippen LogP contribution in [0, 0.1) is 12.3 Å². The fourth-order valence-electron chi connectivity index (χ4n) is 4.50. The Morgan fingerprint density at radius 2 is 1.41 bits per heavy atom. The van der Waals surface area contributed by atoms with E-state index in [9.17, 15) is 31.1 Å². The van der Waals surface area contributed by atoms with E-state index in [-0.39, 0.29) is 5.91 Å². The quantitative estimate of drug-likeness (QED) is 0.488. The van der Waals surface area contributed by atoms with Gasteiger partial charge >= 0.3 is 24.3 Å². The number of carbonyl (C=O) groups is 3. The number of carboxylic acids is 2. The van der Waals surface area contributed by atoms with E-state index in [4.69, 9.17) is 24.2 Å². The zero-order valence-electron chi connectivity index (χ0n) is 22.2. The van der Waals surface area contributed by atoms with Gasteiger partial charge in [-0.2, -0.15) is 26.3 Å². The number of amides is 1. The molecule has 228 valence electrons. The molecule has 0 aromatic carbocycles. The third-order valence-corrected chi connectivity index (χ3v) is 6.83. The van der Waals surface area contributed by atoms with Crippen LogP contribution in [0.2, 0.25) is 0 Å². The van der Waals surface area contributed by atoms with Crippen molar-refractivity contribution in [3.8, 4) is 0 Å². The van der Waals surface area contributed by atoms with Gasteiger partial charge in [0.05, 0.1) is 13.0 Å². The first kappa shape index (κ1) is 33.6. The number of alkyl halides is 6. The predicted octanol–water partition coefficient (Wildman–Crippen LogP) is 4.70. The van der Waals surface area contributed by atoms with Gasteiger partial charge in [0.15, 0.2) is 0 Å². The SMILES string of the molecule is Cc1ccc(CN2CCC3(CC2)CCN(C(=O)Cc2cccnc2)CC3)o1.O=C(O)C(F)(F)F.O=C(O)C(F)(F)F. The van der Waals surface area contributed by atoms with Crippen LogP contribution in [0.3, 0.4) is 0 Å². The third-order valence-electron chi connectivity index (χ3n) is 6.83. The van der Waals surface area contributed by atoms with Crippen LogP contribution in [0.15, 0.2) is 41.1 Å². The van der Waals surface area contributed by atoms with Crippen molar-refractivity contribution in [2.24, 2.45) is 5.41 Å². The summed E-state index contributed by atoms with van der Waals surface area (Å²) < 4.78 is 69.2. The average molecular weight is 596 g/mol. The molecule has 0 radical (unpaired) electrons. The van der Waals surface area contributed by atoms with Gasteiger partial charge < -0.3 is 19.5 Å². The first-order valence-corrected chi connectivity index (χ1v) is 12.6. The molecule has 2 aliphatic heterocycles. The minimum atomic E-state index is -5.08. The number of aliphatic carboxylic acids is 2. The molecule has 0 saturated carbocycles.